The molecule has 0 radical (unpaired) electrons. The normalized spacial score (nSPS) is 10.7. The summed E-state index contributed by atoms with van der Waals surface area (Å²) in [6.45, 7) is 5.20. The molecule has 0 aliphatic heterocycles. The highest BCUT2D eigenvalue weighted by atomic mass is 79.9. The van der Waals surface area contributed by atoms with Crippen molar-refractivity contribution in [1.29, 1.82) is 0 Å². The molecule has 0 aliphatic rings. The summed E-state index contributed by atoms with van der Waals surface area (Å²) >= 11 is 3.38. The summed E-state index contributed by atoms with van der Waals surface area (Å²) in [6, 6.07) is 7.73. The maximum Gasteiger partial charge on any atom is 0.303 e. The van der Waals surface area contributed by atoms with E-state index in [0.717, 1.165) is 29.9 Å². The van der Waals surface area contributed by atoms with Crippen LogP contribution in [0.3, 0.4) is 0 Å². The first kappa shape index (κ1) is 16.0. The first-order valence-electron chi connectivity index (χ1n) is 6.44. The number of carboxylic acids is 1. The zero-order chi connectivity index (χ0) is 14.1. The van der Waals surface area contributed by atoms with Crippen molar-refractivity contribution in [1.82, 2.24) is 4.90 Å². The van der Waals surface area contributed by atoms with Crippen LogP contribution in [0.15, 0.2) is 28.7 Å². The zero-order valence-electron chi connectivity index (χ0n) is 11.1. The van der Waals surface area contributed by atoms with E-state index in [2.05, 4.69) is 27.8 Å². The largest absolute Gasteiger partial charge is 0.492 e. The second-order valence-electron chi connectivity index (χ2n) is 4.23. The molecule has 0 heterocycles. The predicted molar refractivity (Wildman–Crippen MR) is 78.6 cm³/mol. The maximum absolute atomic E-state index is 10.4. The lowest BCUT2D eigenvalue weighted by atomic mass is 10.3. The molecule has 0 bridgehead atoms. The molecule has 0 saturated carbocycles. The number of aliphatic carboxylic acids is 1. The SMILES string of the molecule is CCN(CCCC(=O)O)CCOc1ccc(Br)cc1. The molecule has 0 aliphatic carbocycles. The third kappa shape index (κ3) is 7.18. The van der Waals surface area contributed by atoms with Gasteiger partial charge in [-0.2, -0.15) is 0 Å². The molecule has 5 heteroatoms. The number of ether oxygens (including phenoxy) is 1. The summed E-state index contributed by atoms with van der Waals surface area (Å²) in [5.41, 5.74) is 0. The van der Waals surface area contributed by atoms with Crippen molar-refractivity contribution in [3.8, 4) is 5.75 Å². The van der Waals surface area contributed by atoms with E-state index in [-0.39, 0.29) is 6.42 Å². The average molecular weight is 330 g/mol. The third-order valence-corrected chi connectivity index (χ3v) is 3.33. The molecule has 0 unspecified atom stereocenters. The summed E-state index contributed by atoms with van der Waals surface area (Å²) in [7, 11) is 0. The van der Waals surface area contributed by atoms with Gasteiger partial charge in [0.05, 0.1) is 0 Å². The Morgan fingerprint density at radius 3 is 2.58 bits per heavy atom. The monoisotopic (exact) mass is 329 g/mol. The van der Waals surface area contributed by atoms with Crippen molar-refractivity contribution in [2.24, 2.45) is 0 Å². The van der Waals surface area contributed by atoms with E-state index in [1.54, 1.807) is 0 Å². The lowest BCUT2D eigenvalue weighted by molar-refractivity contribution is -0.137. The summed E-state index contributed by atoms with van der Waals surface area (Å²) in [4.78, 5) is 12.6. The van der Waals surface area contributed by atoms with Gasteiger partial charge in [0.15, 0.2) is 0 Å². The molecule has 1 aromatic rings. The van der Waals surface area contributed by atoms with Gasteiger partial charge in [-0.1, -0.05) is 22.9 Å². The van der Waals surface area contributed by atoms with E-state index in [1.165, 1.54) is 0 Å². The number of benzene rings is 1. The third-order valence-electron chi connectivity index (χ3n) is 2.80. The molecule has 1 N–H and O–H groups in total. The summed E-state index contributed by atoms with van der Waals surface area (Å²) in [5, 5.41) is 8.60. The highest BCUT2D eigenvalue weighted by molar-refractivity contribution is 9.10. The highest BCUT2D eigenvalue weighted by Crippen LogP contribution is 2.15. The van der Waals surface area contributed by atoms with Gasteiger partial charge in [-0.25, -0.2) is 0 Å². The van der Waals surface area contributed by atoms with Crippen molar-refractivity contribution in [2.75, 3.05) is 26.2 Å². The summed E-state index contributed by atoms with van der Waals surface area (Å²) in [6.07, 6.45) is 0.908. The van der Waals surface area contributed by atoms with Gasteiger partial charge in [0.1, 0.15) is 12.4 Å². The minimum absolute atomic E-state index is 0.226. The molecule has 0 fully saturated rings. The number of nitrogens with zero attached hydrogens (tertiary/aromatic N) is 1. The molecular formula is C14H20BrNO3. The Balaban J connectivity index is 2.21. The van der Waals surface area contributed by atoms with Gasteiger partial charge >= 0.3 is 5.97 Å². The minimum Gasteiger partial charge on any atom is -0.492 e. The lowest BCUT2D eigenvalue weighted by Crippen LogP contribution is -2.29. The van der Waals surface area contributed by atoms with Gasteiger partial charge in [0.2, 0.25) is 0 Å². The summed E-state index contributed by atoms with van der Waals surface area (Å²) in [5.74, 6) is 0.118. The standard InChI is InChI=1S/C14H20BrNO3/c1-2-16(9-3-4-14(17)18)10-11-19-13-7-5-12(15)6-8-13/h5-8H,2-4,9-11H2,1H3,(H,17,18). The second-order valence-corrected chi connectivity index (χ2v) is 5.15. The predicted octanol–water partition coefficient (Wildman–Crippen LogP) is 3.01. The fraction of sp³-hybridized carbons (Fsp3) is 0.500. The molecule has 0 aromatic heterocycles. The molecule has 0 spiro atoms. The van der Waals surface area contributed by atoms with E-state index >= 15 is 0 Å². The number of hydrogen-bond donors (Lipinski definition) is 1. The van der Waals surface area contributed by atoms with Gasteiger partial charge in [-0.3, -0.25) is 4.79 Å². The van der Waals surface area contributed by atoms with E-state index in [1.807, 2.05) is 24.3 Å². The van der Waals surface area contributed by atoms with E-state index in [0.29, 0.717) is 13.0 Å². The van der Waals surface area contributed by atoms with Crippen molar-refractivity contribution in [3.05, 3.63) is 28.7 Å². The number of carboxylic acid groups (broad SMARTS) is 1. The van der Waals surface area contributed by atoms with Crippen LogP contribution in [0.1, 0.15) is 19.8 Å². The molecule has 0 saturated heterocycles. The number of hydrogen-bond acceptors (Lipinski definition) is 3. The van der Waals surface area contributed by atoms with Crippen molar-refractivity contribution in [2.45, 2.75) is 19.8 Å². The number of halogens is 1. The van der Waals surface area contributed by atoms with Gasteiger partial charge in [-0.05, 0) is 43.8 Å². The summed E-state index contributed by atoms with van der Waals surface area (Å²) < 4.78 is 6.67. The Hall–Kier alpha value is -1.07. The van der Waals surface area contributed by atoms with Crippen LogP contribution in [0.5, 0.6) is 5.75 Å². The van der Waals surface area contributed by atoms with Crippen LogP contribution in [-0.2, 0) is 4.79 Å². The zero-order valence-corrected chi connectivity index (χ0v) is 12.7. The number of rotatable bonds is 9. The minimum atomic E-state index is -0.734. The Kier molecular flexibility index (Phi) is 7.52. The van der Waals surface area contributed by atoms with Crippen LogP contribution < -0.4 is 4.74 Å². The van der Waals surface area contributed by atoms with Gasteiger partial charge in [0.25, 0.3) is 0 Å². The van der Waals surface area contributed by atoms with E-state index in [9.17, 15) is 4.79 Å². The highest BCUT2D eigenvalue weighted by Gasteiger charge is 2.04. The Labute approximate surface area is 122 Å². The molecule has 106 valence electrons. The van der Waals surface area contributed by atoms with E-state index < -0.39 is 5.97 Å². The molecule has 1 rings (SSSR count). The van der Waals surface area contributed by atoms with Gasteiger partial charge in [-0.15, -0.1) is 0 Å². The Bertz CT molecular complexity index is 381. The maximum atomic E-state index is 10.4. The fourth-order valence-electron chi connectivity index (χ4n) is 1.71. The van der Waals surface area contributed by atoms with Crippen LogP contribution in [0.25, 0.3) is 0 Å². The van der Waals surface area contributed by atoms with Crippen LogP contribution in [0.4, 0.5) is 0 Å². The van der Waals surface area contributed by atoms with Crippen LogP contribution in [-0.4, -0.2) is 42.2 Å². The first-order valence-corrected chi connectivity index (χ1v) is 7.23. The molecule has 19 heavy (non-hydrogen) atoms. The number of carbonyl (C=O) groups is 1. The number of likely N-dealkylation sites (N-methyl/N-ethyl adjacent to an activating group) is 1. The Morgan fingerprint density at radius 1 is 1.32 bits per heavy atom. The van der Waals surface area contributed by atoms with Gasteiger partial charge in [0, 0.05) is 17.4 Å². The van der Waals surface area contributed by atoms with Gasteiger partial charge < -0.3 is 14.7 Å². The first-order chi connectivity index (χ1) is 9.11. The molecule has 0 amide bonds. The van der Waals surface area contributed by atoms with Crippen molar-refractivity contribution in [3.63, 3.8) is 0 Å². The fourth-order valence-corrected chi connectivity index (χ4v) is 1.97. The molecule has 1 aromatic carbocycles. The van der Waals surface area contributed by atoms with Crippen LogP contribution in [0, 0.1) is 0 Å². The second kappa shape index (κ2) is 8.93. The van der Waals surface area contributed by atoms with Crippen molar-refractivity contribution < 1.29 is 14.6 Å². The van der Waals surface area contributed by atoms with Crippen LogP contribution >= 0.6 is 15.9 Å². The topological polar surface area (TPSA) is 49.8 Å². The smallest absolute Gasteiger partial charge is 0.303 e. The van der Waals surface area contributed by atoms with E-state index in [4.69, 9.17) is 9.84 Å². The van der Waals surface area contributed by atoms with Crippen LogP contribution in [0.2, 0.25) is 0 Å². The molecule has 0 atom stereocenters. The average Bonchev–Trinajstić information content (AvgIpc) is 2.39. The molecular weight excluding hydrogens is 310 g/mol. The quantitative estimate of drug-likeness (QED) is 0.756. The molecule has 4 nitrogen and oxygen atoms in total. The Morgan fingerprint density at radius 2 is 2.00 bits per heavy atom. The lowest BCUT2D eigenvalue weighted by Gasteiger charge is -2.20. The van der Waals surface area contributed by atoms with Crippen molar-refractivity contribution >= 4 is 21.9 Å².